The normalized spacial score (nSPS) is 17.3. The average molecular weight is 398 g/mol. The highest BCUT2D eigenvalue weighted by Crippen LogP contribution is 2.27. The number of para-hydroxylation sites is 1. The Bertz CT molecular complexity index is 860. The molecule has 2 aromatic rings. The largest absolute Gasteiger partial charge is 0.368 e. The zero-order valence-electron chi connectivity index (χ0n) is 15.8. The van der Waals surface area contributed by atoms with Gasteiger partial charge in [-0.05, 0) is 48.7 Å². The van der Waals surface area contributed by atoms with Gasteiger partial charge in [0.1, 0.15) is 6.54 Å². The first kappa shape index (κ1) is 18.8. The van der Waals surface area contributed by atoms with E-state index in [-0.39, 0.29) is 18.4 Å². The van der Waals surface area contributed by atoms with Crippen LogP contribution in [0.5, 0.6) is 0 Å². The number of carbonyl (C=O) groups is 2. The van der Waals surface area contributed by atoms with Gasteiger partial charge in [0.05, 0.1) is 0 Å². The molecule has 0 saturated carbocycles. The molecule has 0 spiro atoms. The molecule has 0 bridgehead atoms. The van der Waals surface area contributed by atoms with E-state index in [1.165, 1.54) is 0 Å². The molecule has 0 atom stereocenters. The Morgan fingerprint density at radius 1 is 0.929 bits per heavy atom. The van der Waals surface area contributed by atoms with Crippen LogP contribution in [0.2, 0.25) is 5.02 Å². The lowest BCUT2D eigenvalue weighted by Gasteiger charge is -2.37. The van der Waals surface area contributed by atoms with Gasteiger partial charge in [0.15, 0.2) is 0 Å². The van der Waals surface area contributed by atoms with Gasteiger partial charge in [-0.25, -0.2) is 0 Å². The van der Waals surface area contributed by atoms with Crippen molar-refractivity contribution < 1.29 is 9.59 Å². The van der Waals surface area contributed by atoms with E-state index in [9.17, 15) is 9.59 Å². The number of aryl methyl sites for hydroxylation is 1. The van der Waals surface area contributed by atoms with E-state index in [1.807, 2.05) is 47.4 Å². The van der Waals surface area contributed by atoms with Gasteiger partial charge in [0, 0.05) is 49.0 Å². The second kappa shape index (κ2) is 8.23. The minimum Gasteiger partial charge on any atom is -0.368 e. The Hall–Kier alpha value is -2.53. The topological polar surface area (TPSA) is 43.9 Å². The van der Waals surface area contributed by atoms with Gasteiger partial charge in [-0.15, -0.1) is 0 Å². The Balaban J connectivity index is 1.40. The summed E-state index contributed by atoms with van der Waals surface area (Å²) in [5.41, 5.74) is 3.15. The minimum atomic E-state index is 0.0146. The van der Waals surface area contributed by atoms with Crippen molar-refractivity contribution in [2.45, 2.75) is 19.3 Å². The lowest BCUT2D eigenvalue weighted by molar-refractivity contribution is -0.131. The molecular formula is C22H24ClN3O2. The minimum absolute atomic E-state index is 0.0146. The summed E-state index contributed by atoms with van der Waals surface area (Å²) in [4.78, 5) is 31.3. The highest BCUT2D eigenvalue weighted by molar-refractivity contribution is 6.30. The molecule has 146 valence electrons. The Morgan fingerprint density at radius 3 is 2.39 bits per heavy atom. The molecule has 5 nitrogen and oxygen atoms in total. The second-order valence-electron chi connectivity index (χ2n) is 7.31. The van der Waals surface area contributed by atoms with Gasteiger partial charge in [0.25, 0.3) is 0 Å². The van der Waals surface area contributed by atoms with Gasteiger partial charge in [-0.3, -0.25) is 9.59 Å². The molecule has 0 radical (unpaired) electrons. The zero-order valence-corrected chi connectivity index (χ0v) is 16.6. The molecule has 0 unspecified atom stereocenters. The van der Waals surface area contributed by atoms with E-state index < -0.39 is 0 Å². The molecule has 4 rings (SSSR count). The third-order valence-corrected chi connectivity index (χ3v) is 5.79. The molecule has 28 heavy (non-hydrogen) atoms. The predicted octanol–water partition coefficient (Wildman–Crippen LogP) is 3.36. The number of carbonyl (C=O) groups excluding carboxylic acids is 2. The Kier molecular flexibility index (Phi) is 5.53. The summed E-state index contributed by atoms with van der Waals surface area (Å²) in [6.45, 7) is 2.99. The molecule has 2 heterocycles. The maximum Gasteiger partial charge on any atom is 0.242 e. The molecule has 2 aromatic carbocycles. The van der Waals surface area contributed by atoms with Crippen molar-refractivity contribution in [2.24, 2.45) is 0 Å². The van der Waals surface area contributed by atoms with E-state index in [0.29, 0.717) is 19.5 Å². The van der Waals surface area contributed by atoms with Crippen LogP contribution in [0.3, 0.4) is 0 Å². The van der Waals surface area contributed by atoms with Gasteiger partial charge >= 0.3 is 0 Å². The number of nitrogens with zero attached hydrogens (tertiary/aromatic N) is 3. The van der Waals surface area contributed by atoms with Crippen molar-refractivity contribution in [2.75, 3.05) is 42.5 Å². The lowest BCUT2D eigenvalue weighted by Crippen LogP contribution is -2.52. The Labute approximate surface area is 170 Å². The zero-order chi connectivity index (χ0) is 19.5. The quantitative estimate of drug-likeness (QED) is 0.797. The highest BCUT2D eigenvalue weighted by atomic mass is 35.5. The number of fused-ring (bicyclic) bond motifs is 1. The van der Waals surface area contributed by atoms with Crippen LogP contribution in [0.15, 0.2) is 48.5 Å². The number of piperazine rings is 1. The fourth-order valence-electron chi connectivity index (χ4n) is 3.96. The number of halogens is 1. The predicted molar refractivity (Wildman–Crippen MR) is 112 cm³/mol. The summed E-state index contributed by atoms with van der Waals surface area (Å²) >= 11 is 5.96. The van der Waals surface area contributed by atoms with Gasteiger partial charge in [0.2, 0.25) is 11.8 Å². The van der Waals surface area contributed by atoms with Crippen molar-refractivity contribution in [3.05, 3.63) is 59.1 Å². The van der Waals surface area contributed by atoms with Gasteiger partial charge in [-0.2, -0.15) is 0 Å². The first-order valence-electron chi connectivity index (χ1n) is 9.78. The fourth-order valence-corrected chi connectivity index (χ4v) is 4.09. The third kappa shape index (κ3) is 3.99. The average Bonchev–Trinajstić information content (AvgIpc) is 2.88. The van der Waals surface area contributed by atoms with Gasteiger partial charge < -0.3 is 14.7 Å². The molecule has 1 fully saturated rings. The molecule has 1 saturated heterocycles. The number of hydrogen-bond donors (Lipinski definition) is 0. The molecule has 0 N–H and O–H groups in total. The summed E-state index contributed by atoms with van der Waals surface area (Å²) in [5, 5.41) is 0.722. The molecule has 0 aliphatic carbocycles. The highest BCUT2D eigenvalue weighted by Gasteiger charge is 2.27. The van der Waals surface area contributed by atoms with Crippen LogP contribution in [0.4, 0.5) is 11.4 Å². The maximum absolute atomic E-state index is 12.9. The van der Waals surface area contributed by atoms with E-state index in [4.69, 9.17) is 11.6 Å². The number of rotatable bonds is 3. The lowest BCUT2D eigenvalue weighted by atomic mass is 10.1. The van der Waals surface area contributed by atoms with Crippen molar-refractivity contribution >= 4 is 34.8 Å². The van der Waals surface area contributed by atoms with Crippen molar-refractivity contribution in [1.29, 1.82) is 0 Å². The van der Waals surface area contributed by atoms with Crippen LogP contribution >= 0.6 is 11.6 Å². The number of benzene rings is 2. The van der Waals surface area contributed by atoms with Crippen LogP contribution in [-0.4, -0.2) is 49.4 Å². The summed E-state index contributed by atoms with van der Waals surface area (Å²) < 4.78 is 0. The molecule has 0 aromatic heterocycles. The number of amides is 2. The number of anilines is 2. The smallest absolute Gasteiger partial charge is 0.242 e. The summed E-state index contributed by atoms with van der Waals surface area (Å²) in [5.74, 6) is 0.0545. The fraction of sp³-hybridized carbons (Fsp3) is 0.364. The summed E-state index contributed by atoms with van der Waals surface area (Å²) in [6.07, 6.45) is 2.21. The molecule has 2 aliphatic rings. The molecule has 6 heteroatoms. The molecule has 2 aliphatic heterocycles. The van der Waals surface area contributed by atoms with Crippen molar-refractivity contribution in [3.8, 4) is 0 Å². The maximum atomic E-state index is 12.9. The second-order valence-corrected chi connectivity index (χ2v) is 7.74. The van der Waals surface area contributed by atoms with E-state index in [1.54, 1.807) is 4.90 Å². The van der Waals surface area contributed by atoms with E-state index >= 15 is 0 Å². The van der Waals surface area contributed by atoms with Crippen LogP contribution in [0.1, 0.15) is 18.4 Å². The van der Waals surface area contributed by atoms with Crippen molar-refractivity contribution in [3.63, 3.8) is 0 Å². The van der Waals surface area contributed by atoms with E-state index in [0.717, 1.165) is 47.9 Å². The van der Waals surface area contributed by atoms with Crippen LogP contribution in [-0.2, 0) is 16.0 Å². The molecular weight excluding hydrogens is 374 g/mol. The summed E-state index contributed by atoms with van der Waals surface area (Å²) in [7, 11) is 0. The van der Waals surface area contributed by atoms with Gasteiger partial charge in [-0.1, -0.05) is 29.8 Å². The first-order valence-corrected chi connectivity index (χ1v) is 10.2. The standard InChI is InChI=1S/C22H24ClN3O2/c23-18-8-10-19(11-9-18)24-12-14-25(15-13-24)22(28)16-26-20-6-2-1-4-17(20)5-3-7-21(26)27/h1-2,4,6,8-11H,3,5,7,12-16H2. The van der Waals surface area contributed by atoms with Crippen LogP contribution in [0.25, 0.3) is 0 Å². The van der Waals surface area contributed by atoms with Crippen LogP contribution < -0.4 is 9.80 Å². The Morgan fingerprint density at radius 2 is 1.64 bits per heavy atom. The summed E-state index contributed by atoms with van der Waals surface area (Å²) in [6, 6.07) is 15.7. The number of hydrogen-bond acceptors (Lipinski definition) is 3. The van der Waals surface area contributed by atoms with E-state index in [2.05, 4.69) is 11.0 Å². The van der Waals surface area contributed by atoms with Crippen molar-refractivity contribution in [1.82, 2.24) is 4.90 Å². The molecule has 2 amide bonds. The monoisotopic (exact) mass is 397 g/mol. The first-order chi connectivity index (χ1) is 13.6. The third-order valence-electron chi connectivity index (χ3n) is 5.54. The SMILES string of the molecule is O=C(CN1C(=O)CCCc2ccccc21)N1CCN(c2ccc(Cl)cc2)CC1. The van der Waals surface area contributed by atoms with Crippen LogP contribution in [0, 0.1) is 0 Å².